The maximum atomic E-state index is 13.0. The van der Waals surface area contributed by atoms with Crippen molar-refractivity contribution in [3.05, 3.63) is 105 Å². The van der Waals surface area contributed by atoms with E-state index in [1.165, 1.54) is 4.90 Å². The van der Waals surface area contributed by atoms with E-state index < -0.39 is 17.7 Å². The van der Waals surface area contributed by atoms with E-state index in [9.17, 15) is 14.7 Å². The molecule has 0 radical (unpaired) electrons. The van der Waals surface area contributed by atoms with Crippen molar-refractivity contribution in [1.29, 1.82) is 0 Å². The Morgan fingerprint density at radius 3 is 1.93 bits per heavy atom. The largest absolute Gasteiger partial charge is 0.507 e. The van der Waals surface area contributed by atoms with E-state index >= 15 is 0 Å². The van der Waals surface area contributed by atoms with E-state index in [1.54, 1.807) is 36.4 Å². The second-order valence-electron chi connectivity index (χ2n) is 6.56. The molecule has 6 heteroatoms. The molecule has 0 saturated carbocycles. The number of benzene rings is 3. The van der Waals surface area contributed by atoms with Crippen LogP contribution in [-0.2, 0) is 9.59 Å². The molecular weight excluding hydrogens is 498 g/mol. The van der Waals surface area contributed by atoms with Gasteiger partial charge in [-0.2, -0.15) is 0 Å². The average Bonchev–Trinajstić information content (AvgIpc) is 3.00. The lowest BCUT2D eigenvalue weighted by Gasteiger charge is -2.25. The normalized spacial score (nSPS) is 18.3. The van der Waals surface area contributed by atoms with Gasteiger partial charge in [-0.25, -0.2) is 0 Å². The van der Waals surface area contributed by atoms with Gasteiger partial charge in [-0.15, -0.1) is 0 Å². The van der Waals surface area contributed by atoms with Crippen LogP contribution in [0.15, 0.2) is 93.4 Å². The van der Waals surface area contributed by atoms with E-state index in [0.717, 1.165) is 14.5 Å². The Balaban J connectivity index is 1.94. The van der Waals surface area contributed by atoms with Gasteiger partial charge in [0.2, 0.25) is 0 Å². The monoisotopic (exact) mass is 511 g/mol. The summed E-state index contributed by atoms with van der Waals surface area (Å²) in [5.41, 5.74) is 1.87. The summed E-state index contributed by atoms with van der Waals surface area (Å²) in [5, 5.41) is 11.0. The van der Waals surface area contributed by atoms with Crippen LogP contribution in [0.2, 0.25) is 0 Å². The van der Waals surface area contributed by atoms with Crippen molar-refractivity contribution in [3.8, 4) is 0 Å². The van der Waals surface area contributed by atoms with Crippen molar-refractivity contribution in [1.82, 2.24) is 0 Å². The molecule has 3 aromatic carbocycles. The number of hydrogen-bond donors (Lipinski definition) is 1. The van der Waals surface area contributed by atoms with Gasteiger partial charge in [0.05, 0.1) is 11.6 Å². The summed E-state index contributed by atoms with van der Waals surface area (Å²) in [7, 11) is 0. The first kappa shape index (κ1) is 19.6. The van der Waals surface area contributed by atoms with Crippen molar-refractivity contribution in [3.63, 3.8) is 0 Å². The lowest BCUT2D eigenvalue weighted by molar-refractivity contribution is -0.132. The van der Waals surface area contributed by atoms with Gasteiger partial charge < -0.3 is 5.11 Å². The summed E-state index contributed by atoms with van der Waals surface area (Å²) in [4.78, 5) is 27.4. The summed E-state index contributed by atoms with van der Waals surface area (Å²) < 4.78 is 1.74. The first-order valence-electron chi connectivity index (χ1n) is 8.85. The predicted octanol–water partition coefficient (Wildman–Crippen LogP) is 5.84. The van der Waals surface area contributed by atoms with Crippen LogP contribution in [0, 0.1) is 0 Å². The van der Waals surface area contributed by atoms with E-state index in [2.05, 4.69) is 31.9 Å². The molecule has 0 unspecified atom stereocenters. The van der Waals surface area contributed by atoms with Crippen LogP contribution >= 0.6 is 31.9 Å². The smallest absolute Gasteiger partial charge is 0.300 e. The van der Waals surface area contributed by atoms with Crippen molar-refractivity contribution >= 4 is 55.0 Å². The maximum absolute atomic E-state index is 13.0. The molecule has 3 aromatic rings. The first-order valence-corrected chi connectivity index (χ1v) is 10.4. The van der Waals surface area contributed by atoms with Gasteiger partial charge in [0, 0.05) is 20.2 Å². The molecule has 4 nitrogen and oxygen atoms in total. The molecule has 1 heterocycles. The molecule has 1 aliphatic rings. The van der Waals surface area contributed by atoms with Crippen LogP contribution in [0.5, 0.6) is 0 Å². The third kappa shape index (κ3) is 3.66. The molecule has 1 fully saturated rings. The van der Waals surface area contributed by atoms with Gasteiger partial charge in [-0.05, 0) is 42.0 Å². The number of amides is 1. The average molecular weight is 513 g/mol. The van der Waals surface area contributed by atoms with Crippen LogP contribution in [0.3, 0.4) is 0 Å². The molecule has 4 rings (SSSR count). The first-order chi connectivity index (χ1) is 14.0. The number of aliphatic hydroxyl groups excluding tert-OH is 1. The minimum atomic E-state index is -0.732. The minimum absolute atomic E-state index is 0.0754. The van der Waals surface area contributed by atoms with Crippen molar-refractivity contribution in [2.45, 2.75) is 6.04 Å². The maximum Gasteiger partial charge on any atom is 0.300 e. The van der Waals surface area contributed by atoms with Crippen molar-refractivity contribution in [2.24, 2.45) is 0 Å². The highest BCUT2D eigenvalue weighted by molar-refractivity contribution is 9.10. The molecule has 1 aliphatic heterocycles. The van der Waals surface area contributed by atoms with E-state index in [-0.39, 0.29) is 11.3 Å². The third-order valence-corrected chi connectivity index (χ3v) is 5.84. The number of aliphatic hydroxyl groups is 1. The Hall–Kier alpha value is -2.70. The molecule has 144 valence electrons. The molecule has 29 heavy (non-hydrogen) atoms. The van der Waals surface area contributed by atoms with E-state index in [4.69, 9.17) is 0 Å². The SMILES string of the molecule is O=C1C(=O)N(c2ccc(Br)cc2)[C@@H](c2ccc(Br)cc2)/C1=C(\O)c1ccccc1. The minimum Gasteiger partial charge on any atom is -0.507 e. The van der Waals surface area contributed by atoms with Crippen LogP contribution in [0.4, 0.5) is 5.69 Å². The van der Waals surface area contributed by atoms with Gasteiger partial charge in [-0.1, -0.05) is 74.3 Å². The predicted molar refractivity (Wildman–Crippen MR) is 120 cm³/mol. The molecule has 0 aromatic heterocycles. The molecule has 1 saturated heterocycles. The topological polar surface area (TPSA) is 57.6 Å². The number of rotatable bonds is 3. The third-order valence-electron chi connectivity index (χ3n) is 4.78. The summed E-state index contributed by atoms with van der Waals surface area (Å²) in [6.45, 7) is 0. The van der Waals surface area contributed by atoms with E-state index in [0.29, 0.717) is 11.3 Å². The van der Waals surface area contributed by atoms with Gasteiger partial charge in [-0.3, -0.25) is 14.5 Å². The highest BCUT2D eigenvalue weighted by Gasteiger charge is 2.46. The number of Topliss-reactive ketones (excluding diaryl/α,β-unsaturated/α-hetero) is 1. The number of hydrogen-bond acceptors (Lipinski definition) is 3. The van der Waals surface area contributed by atoms with Gasteiger partial charge >= 0.3 is 0 Å². The van der Waals surface area contributed by atoms with Crippen LogP contribution in [-0.4, -0.2) is 16.8 Å². The Morgan fingerprint density at radius 2 is 1.34 bits per heavy atom. The number of carbonyl (C=O) groups excluding carboxylic acids is 2. The van der Waals surface area contributed by atoms with Gasteiger partial charge in [0.1, 0.15) is 5.76 Å². The molecule has 1 amide bonds. The molecular formula is C23H15Br2NO3. The number of carbonyl (C=O) groups is 2. The Kier molecular flexibility index (Phi) is 5.39. The summed E-state index contributed by atoms with van der Waals surface area (Å²) in [6.07, 6.45) is 0. The fourth-order valence-corrected chi connectivity index (χ4v) is 3.94. The molecule has 0 spiro atoms. The lowest BCUT2D eigenvalue weighted by atomic mass is 9.95. The zero-order valence-corrected chi connectivity index (χ0v) is 18.2. The second-order valence-corrected chi connectivity index (χ2v) is 8.39. The number of anilines is 1. The number of nitrogens with zero attached hydrogens (tertiary/aromatic N) is 1. The molecule has 1 N–H and O–H groups in total. The van der Waals surface area contributed by atoms with Crippen molar-refractivity contribution < 1.29 is 14.7 Å². The molecule has 1 atom stereocenters. The molecule has 0 aliphatic carbocycles. The standard InChI is InChI=1S/C23H15Br2NO3/c24-16-8-6-14(7-9-16)20-19(21(27)15-4-2-1-3-5-15)22(28)23(29)26(20)18-12-10-17(25)11-13-18/h1-13,20,27H/b21-19+/t20-/m0/s1. The zero-order valence-electron chi connectivity index (χ0n) is 15.0. The highest BCUT2D eigenvalue weighted by Crippen LogP contribution is 2.42. The number of halogens is 2. The summed E-state index contributed by atoms with van der Waals surface area (Å²) >= 11 is 6.80. The van der Waals surface area contributed by atoms with Crippen LogP contribution in [0.1, 0.15) is 17.2 Å². The van der Waals surface area contributed by atoms with Crippen LogP contribution < -0.4 is 4.90 Å². The Labute approximate surface area is 184 Å². The van der Waals surface area contributed by atoms with E-state index in [1.807, 2.05) is 42.5 Å². The summed E-state index contributed by atoms with van der Waals surface area (Å²) in [5.74, 6) is -1.56. The quantitative estimate of drug-likeness (QED) is 0.272. The zero-order chi connectivity index (χ0) is 20.5. The molecule has 0 bridgehead atoms. The van der Waals surface area contributed by atoms with Crippen molar-refractivity contribution in [2.75, 3.05) is 4.90 Å². The van der Waals surface area contributed by atoms with Gasteiger partial charge in [0.15, 0.2) is 0 Å². The number of ketones is 1. The van der Waals surface area contributed by atoms with Gasteiger partial charge in [0.25, 0.3) is 11.7 Å². The fourth-order valence-electron chi connectivity index (χ4n) is 3.41. The Morgan fingerprint density at radius 1 is 0.793 bits per heavy atom. The fraction of sp³-hybridized carbons (Fsp3) is 0.0435. The summed E-state index contributed by atoms with van der Waals surface area (Å²) in [6, 6.07) is 22.6. The Bertz CT molecular complexity index is 1110. The second kappa shape index (κ2) is 7.97. The highest BCUT2D eigenvalue weighted by atomic mass is 79.9. The lowest BCUT2D eigenvalue weighted by Crippen LogP contribution is -2.29. The van der Waals surface area contributed by atoms with Crippen LogP contribution in [0.25, 0.3) is 5.76 Å².